The summed E-state index contributed by atoms with van der Waals surface area (Å²) in [7, 11) is 0. The van der Waals surface area contributed by atoms with Crippen LogP contribution in [0.5, 0.6) is 0 Å². The summed E-state index contributed by atoms with van der Waals surface area (Å²) >= 11 is 0. The van der Waals surface area contributed by atoms with E-state index in [0.29, 0.717) is 12.5 Å². The maximum atomic E-state index is 9.72. The monoisotopic (exact) mass is 171 g/mol. The lowest BCUT2D eigenvalue weighted by molar-refractivity contribution is 0.0924. The molecule has 2 nitrogen and oxygen atoms in total. The van der Waals surface area contributed by atoms with Gasteiger partial charge in [0, 0.05) is 0 Å². The van der Waals surface area contributed by atoms with Gasteiger partial charge in [0.25, 0.3) is 0 Å². The van der Waals surface area contributed by atoms with E-state index >= 15 is 0 Å². The van der Waals surface area contributed by atoms with Crippen LogP contribution in [0.25, 0.3) is 0 Å². The summed E-state index contributed by atoms with van der Waals surface area (Å²) in [5.74, 6) is 0.538. The molecule has 0 unspecified atom stereocenters. The standard InChI is InChI=1S/C10H21NO/c11-8-7-10(12)9-5-3-1-2-4-6-9/h9-10,12H,1-8,11H2/t10-/m1/s1. The summed E-state index contributed by atoms with van der Waals surface area (Å²) < 4.78 is 0. The molecule has 0 amide bonds. The molecule has 0 heterocycles. The predicted octanol–water partition coefficient (Wildman–Crippen LogP) is 1.67. The Morgan fingerprint density at radius 2 is 1.75 bits per heavy atom. The van der Waals surface area contributed by atoms with E-state index < -0.39 is 0 Å². The van der Waals surface area contributed by atoms with Crippen molar-refractivity contribution in [1.82, 2.24) is 0 Å². The second-order valence-corrected chi connectivity index (χ2v) is 3.90. The Morgan fingerprint density at radius 3 is 2.25 bits per heavy atom. The van der Waals surface area contributed by atoms with Crippen LogP contribution in [0.1, 0.15) is 44.9 Å². The van der Waals surface area contributed by atoms with Crippen LogP contribution in [-0.4, -0.2) is 17.8 Å². The van der Waals surface area contributed by atoms with Gasteiger partial charge in [-0.1, -0.05) is 25.7 Å². The fourth-order valence-electron chi connectivity index (χ4n) is 2.10. The number of hydrogen-bond acceptors (Lipinski definition) is 2. The van der Waals surface area contributed by atoms with E-state index in [-0.39, 0.29) is 6.10 Å². The van der Waals surface area contributed by atoms with Crippen LogP contribution in [0.4, 0.5) is 0 Å². The number of nitrogens with two attached hydrogens (primary N) is 1. The molecule has 1 aliphatic carbocycles. The zero-order chi connectivity index (χ0) is 8.81. The molecule has 0 aromatic rings. The maximum absolute atomic E-state index is 9.72. The Hall–Kier alpha value is -0.0800. The van der Waals surface area contributed by atoms with Crippen molar-refractivity contribution in [3.63, 3.8) is 0 Å². The lowest BCUT2D eigenvalue weighted by atomic mass is 9.92. The van der Waals surface area contributed by atoms with Crippen molar-refractivity contribution in [3.8, 4) is 0 Å². The quantitative estimate of drug-likeness (QED) is 0.634. The molecule has 0 bridgehead atoms. The Balaban J connectivity index is 2.27. The third-order valence-corrected chi connectivity index (χ3v) is 2.91. The van der Waals surface area contributed by atoms with E-state index in [9.17, 15) is 5.11 Å². The molecule has 2 heteroatoms. The summed E-state index contributed by atoms with van der Waals surface area (Å²) in [4.78, 5) is 0. The number of rotatable bonds is 3. The Bertz CT molecular complexity index is 108. The zero-order valence-corrected chi connectivity index (χ0v) is 7.84. The summed E-state index contributed by atoms with van der Waals surface area (Å²) in [5.41, 5.74) is 5.42. The van der Waals surface area contributed by atoms with Crippen LogP contribution in [0.3, 0.4) is 0 Å². The lowest BCUT2D eigenvalue weighted by Gasteiger charge is -2.20. The van der Waals surface area contributed by atoms with Gasteiger partial charge < -0.3 is 10.8 Å². The first-order valence-corrected chi connectivity index (χ1v) is 5.22. The van der Waals surface area contributed by atoms with Crippen LogP contribution in [-0.2, 0) is 0 Å². The first kappa shape index (κ1) is 10.0. The molecular formula is C10H21NO. The summed E-state index contributed by atoms with van der Waals surface area (Å²) in [5, 5.41) is 9.72. The Kier molecular flexibility index (Phi) is 4.62. The van der Waals surface area contributed by atoms with Gasteiger partial charge in [0.1, 0.15) is 0 Å². The van der Waals surface area contributed by atoms with Crippen molar-refractivity contribution >= 4 is 0 Å². The summed E-state index contributed by atoms with van der Waals surface area (Å²) in [6, 6.07) is 0. The fraction of sp³-hybridized carbons (Fsp3) is 1.00. The van der Waals surface area contributed by atoms with Crippen LogP contribution in [0.2, 0.25) is 0 Å². The number of hydrogen-bond donors (Lipinski definition) is 2. The second kappa shape index (κ2) is 5.55. The molecule has 0 saturated heterocycles. The average molecular weight is 171 g/mol. The van der Waals surface area contributed by atoms with E-state index in [4.69, 9.17) is 5.73 Å². The van der Waals surface area contributed by atoms with E-state index in [2.05, 4.69) is 0 Å². The molecule has 3 N–H and O–H groups in total. The second-order valence-electron chi connectivity index (χ2n) is 3.90. The molecule has 1 saturated carbocycles. The van der Waals surface area contributed by atoms with Gasteiger partial charge in [-0.3, -0.25) is 0 Å². The molecule has 0 radical (unpaired) electrons. The molecule has 0 aromatic heterocycles. The molecule has 1 rings (SSSR count). The Morgan fingerprint density at radius 1 is 1.17 bits per heavy atom. The largest absolute Gasteiger partial charge is 0.393 e. The predicted molar refractivity (Wildman–Crippen MR) is 50.9 cm³/mol. The van der Waals surface area contributed by atoms with Crippen molar-refractivity contribution in [1.29, 1.82) is 0 Å². The van der Waals surface area contributed by atoms with Crippen molar-refractivity contribution < 1.29 is 5.11 Å². The van der Waals surface area contributed by atoms with E-state index in [1.165, 1.54) is 38.5 Å². The van der Waals surface area contributed by atoms with Gasteiger partial charge in [-0.05, 0) is 31.7 Å². The fourth-order valence-corrected chi connectivity index (χ4v) is 2.10. The SMILES string of the molecule is NCC[C@@H](O)C1CCCCCC1. The van der Waals surface area contributed by atoms with Gasteiger partial charge in [-0.15, -0.1) is 0 Å². The molecular weight excluding hydrogens is 150 g/mol. The molecule has 1 aliphatic rings. The molecule has 0 spiro atoms. The van der Waals surface area contributed by atoms with Crippen LogP contribution >= 0.6 is 0 Å². The highest BCUT2D eigenvalue weighted by molar-refractivity contribution is 4.72. The van der Waals surface area contributed by atoms with Crippen molar-refractivity contribution in [2.24, 2.45) is 11.7 Å². The highest BCUT2D eigenvalue weighted by Gasteiger charge is 2.19. The Labute approximate surface area is 75.2 Å². The molecule has 1 fully saturated rings. The van der Waals surface area contributed by atoms with Gasteiger partial charge in [-0.2, -0.15) is 0 Å². The summed E-state index contributed by atoms with van der Waals surface area (Å²) in [6.07, 6.45) is 8.37. The van der Waals surface area contributed by atoms with Crippen molar-refractivity contribution in [3.05, 3.63) is 0 Å². The lowest BCUT2D eigenvalue weighted by Crippen LogP contribution is -2.23. The molecule has 0 aliphatic heterocycles. The third-order valence-electron chi connectivity index (χ3n) is 2.91. The maximum Gasteiger partial charge on any atom is 0.0580 e. The van der Waals surface area contributed by atoms with Crippen LogP contribution in [0.15, 0.2) is 0 Å². The number of aliphatic hydroxyl groups excluding tert-OH is 1. The zero-order valence-electron chi connectivity index (χ0n) is 7.84. The smallest absolute Gasteiger partial charge is 0.0580 e. The number of aliphatic hydroxyl groups is 1. The van der Waals surface area contributed by atoms with Crippen molar-refractivity contribution in [2.75, 3.05) is 6.54 Å². The topological polar surface area (TPSA) is 46.2 Å². The highest BCUT2D eigenvalue weighted by Crippen LogP contribution is 2.26. The van der Waals surface area contributed by atoms with E-state index in [1.54, 1.807) is 0 Å². The first-order valence-electron chi connectivity index (χ1n) is 5.22. The normalized spacial score (nSPS) is 23.5. The van der Waals surface area contributed by atoms with Crippen LogP contribution in [0, 0.1) is 5.92 Å². The first-order chi connectivity index (χ1) is 5.84. The van der Waals surface area contributed by atoms with Gasteiger partial charge >= 0.3 is 0 Å². The minimum atomic E-state index is -0.131. The van der Waals surface area contributed by atoms with Gasteiger partial charge in [-0.25, -0.2) is 0 Å². The third kappa shape index (κ3) is 3.11. The molecule has 72 valence electrons. The highest BCUT2D eigenvalue weighted by atomic mass is 16.3. The molecule has 0 aromatic carbocycles. The van der Waals surface area contributed by atoms with Crippen molar-refractivity contribution in [2.45, 2.75) is 51.0 Å². The van der Waals surface area contributed by atoms with Gasteiger partial charge in [0.2, 0.25) is 0 Å². The molecule has 1 atom stereocenters. The minimum absolute atomic E-state index is 0.131. The molecule has 12 heavy (non-hydrogen) atoms. The van der Waals surface area contributed by atoms with Gasteiger partial charge in [0.15, 0.2) is 0 Å². The van der Waals surface area contributed by atoms with Crippen LogP contribution < -0.4 is 5.73 Å². The van der Waals surface area contributed by atoms with E-state index in [0.717, 1.165) is 6.42 Å². The van der Waals surface area contributed by atoms with E-state index in [1.807, 2.05) is 0 Å². The summed E-state index contributed by atoms with van der Waals surface area (Å²) in [6.45, 7) is 0.623. The van der Waals surface area contributed by atoms with Gasteiger partial charge in [0.05, 0.1) is 6.10 Å². The average Bonchev–Trinajstić information content (AvgIpc) is 2.32. The minimum Gasteiger partial charge on any atom is -0.393 e.